The van der Waals surface area contributed by atoms with Crippen LogP contribution in [0.1, 0.15) is 11.1 Å². The predicted molar refractivity (Wildman–Crippen MR) is 97.5 cm³/mol. The van der Waals surface area contributed by atoms with Crippen molar-refractivity contribution in [3.05, 3.63) is 69.5 Å². The van der Waals surface area contributed by atoms with E-state index >= 15 is 0 Å². The molecule has 0 aromatic heterocycles. The summed E-state index contributed by atoms with van der Waals surface area (Å²) in [5, 5.41) is 8.89. The van der Waals surface area contributed by atoms with Gasteiger partial charge < -0.3 is 10.0 Å². The topological polar surface area (TPSA) is 31.1 Å². The first-order valence-corrected chi connectivity index (χ1v) is 8.62. The van der Waals surface area contributed by atoms with E-state index in [1.807, 2.05) is 11.0 Å². The molecule has 1 aliphatic rings. The second-order valence-corrected chi connectivity index (χ2v) is 6.57. The zero-order chi connectivity index (χ0) is 18.7. The van der Waals surface area contributed by atoms with Gasteiger partial charge in [-0.25, -0.2) is 13.6 Å². The van der Waals surface area contributed by atoms with Gasteiger partial charge >= 0.3 is 0 Å². The Morgan fingerprint density at radius 3 is 2.46 bits per heavy atom. The van der Waals surface area contributed by atoms with E-state index in [0.29, 0.717) is 38.4 Å². The van der Waals surface area contributed by atoms with Gasteiger partial charge in [-0.15, -0.1) is 0 Å². The average Bonchev–Trinajstić information content (AvgIpc) is 2.65. The fourth-order valence-corrected chi connectivity index (χ4v) is 3.28. The third-order valence-electron chi connectivity index (χ3n) is 4.57. The minimum atomic E-state index is -0.560. The first kappa shape index (κ1) is 18.6. The zero-order valence-corrected chi connectivity index (χ0v) is 14.8. The van der Waals surface area contributed by atoms with E-state index in [0.717, 1.165) is 5.56 Å². The number of nitrogens with zero attached hydrogens (tertiary/aromatic N) is 3. The Labute approximate surface area is 156 Å². The van der Waals surface area contributed by atoms with Crippen molar-refractivity contribution < 1.29 is 13.9 Å². The summed E-state index contributed by atoms with van der Waals surface area (Å²) in [5.41, 5.74) is 1.64. The van der Waals surface area contributed by atoms with Crippen molar-refractivity contribution in [2.45, 2.75) is 13.2 Å². The molecule has 2 aromatic rings. The maximum absolute atomic E-state index is 14.4. The molecular formula is C19H18ClF2N3O. The van der Waals surface area contributed by atoms with E-state index in [4.69, 9.17) is 23.3 Å². The van der Waals surface area contributed by atoms with Gasteiger partial charge in [0, 0.05) is 38.3 Å². The van der Waals surface area contributed by atoms with Crippen molar-refractivity contribution in [1.82, 2.24) is 4.90 Å². The maximum Gasteiger partial charge on any atom is 0.208 e. The highest BCUT2D eigenvalue weighted by Gasteiger charge is 2.22. The van der Waals surface area contributed by atoms with Gasteiger partial charge in [0.25, 0.3) is 0 Å². The fraction of sp³-hybridized carbons (Fsp3) is 0.316. The van der Waals surface area contributed by atoms with Crippen LogP contribution in [0.2, 0.25) is 5.02 Å². The summed E-state index contributed by atoms with van der Waals surface area (Å²) in [7, 11) is 0. The molecule has 4 nitrogen and oxygen atoms in total. The average molecular weight is 378 g/mol. The molecule has 0 atom stereocenters. The van der Waals surface area contributed by atoms with Crippen molar-refractivity contribution in [2.24, 2.45) is 0 Å². The monoisotopic (exact) mass is 377 g/mol. The summed E-state index contributed by atoms with van der Waals surface area (Å²) in [6, 6.07) is 7.97. The Morgan fingerprint density at radius 2 is 1.85 bits per heavy atom. The van der Waals surface area contributed by atoms with Gasteiger partial charge in [-0.3, -0.25) is 4.90 Å². The van der Waals surface area contributed by atoms with Gasteiger partial charge in [0.15, 0.2) is 5.82 Å². The molecule has 2 aromatic carbocycles. The van der Waals surface area contributed by atoms with E-state index in [2.05, 4.69) is 9.74 Å². The van der Waals surface area contributed by atoms with Gasteiger partial charge in [-0.2, -0.15) is 0 Å². The van der Waals surface area contributed by atoms with Crippen LogP contribution in [0.5, 0.6) is 0 Å². The number of benzene rings is 2. The Bertz CT molecular complexity index is 845. The van der Waals surface area contributed by atoms with Crippen molar-refractivity contribution in [1.29, 1.82) is 0 Å². The molecule has 0 unspecified atom stereocenters. The Kier molecular flexibility index (Phi) is 5.72. The predicted octanol–water partition coefficient (Wildman–Crippen LogP) is 3.98. The minimum Gasteiger partial charge on any atom is -0.392 e. The first-order chi connectivity index (χ1) is 12.5. The largest absolute Gasteiger partial charge is 0.392 e. The molecule has 0 aliphatic carbocycles. The minimum absolute atomic E-state index is 0.111. The van der Waals surface area contributed by atoms with Crippen molar-refractivity contribution >= 4 is 23.0 Å². The van der Waals surface area contributed by atoms with Crippen LogP contribution >= 0.6 is 11.6 Å². The number of anilines is 1. The molecule has 136 valence electrons. The Balaban J connectivity index is 1.64. The third kappa shape index (κ3) is 3.80. The molecule has 0 bridgehead atoms. The Hall–Kier alpha value is -2.20. The Morgan fingerprint density at radius 1 is 1.12 bits per heavy atom. The maximum atomic E-state index is 14.4. The van der Waals surface area contributed by atoms with E-state index < -0.39 is 11.6 Å². The summed E-state index contributed by atoms with van der Waals surface area (Å²) in [6.45, 7) is 9.89. The van der Waals surface area contributed by atoms with Gasteiger partial charge in [-0.1, -0.05) is 29.8 Å². The number of piperazine rings is 1. The molecule has 1 fully saturated rings. The van der Waals surface area contributed by atoms with Crippen LogP contribution in [0.4, 0.5) is 20.2 Å². The van der Waals surface area contributed by atoms with Gasteiger partial charge in [0.1, 0.15) is 5.82 Å². The summed E-state index contributed by atoms with van der Waals surface area (Å²) < 4.78 is 28.2. The molecule has 0 amide bonds. The summed E-state index contributed by atoms with van der Waals surface area (Å²) in [4.78, 5) is 7.27. The zero-order valence-electron chi connectivity index (χ0n) is 14.1. The molecule has 26 heavy (non-hydrogen) atoms. The van der Waals surface area contributed by atoms with Crippen molar-refractivity contribution in [2.75, 3.05) is 31.1 Å². The highest BCUT2D eigenvalue weighted by Crippen LogP contribution is 2.34. The SMILES string of the molecule is [C-]#[N+]c1ccc(N2CCN(Cc3ccc(CO)c(F)c3)CC2)c(F)c1Cl. The van der Waals surface area contributed by atoms with Crippen LogP contribution in [-0.4, -0.2) is 36.2 Å². The quantitative estimate of drug-likeness (QED) is 0.817. The normalized spacial score (nSPS) is 15.1. The van der Waals surface area contributed by atoms with Crippen LogP contribution in [0.3, 0.4) is 0 Å². The van der Waals surface area contributed by atoms with E-state index in [-0.39, 0.29) is 22.9 Å². The smallest absolute Gasteiger partial charge is 0.208 e. The lowest BCUT2D eigenvalue weighted by atomic mass is 10.1. The van der Waals surface area contributed by atoms with Crippen LogP contribution < -0.4 is 4.90 Å². The van der Waals surface area contributed by atoms with E-state index in [1.165, 1.54) is 12.1 Å². The number of aliphatic hydroxyl groups is 1. The van der Waals surface area contributed by atoms with E-state index in [1.54, 1.807) is 12.1 Å². The number of rotatable bonds is 4. The molecular weight excluding hydrogens is 360 g/mol. The van der Waals surface area contributed by atoms with Gasteiger partial charge in [0.05, 0.1) is 23.9 Å². The fourth-order valence-electron chi connectivity index (χ4n) is 3.08. The summed E-state index contributed by atoms with van der Waals surface area (Å²) >= 11 is 5.91. The summed E-state index contributed by atoms with van der Waals surface area (Å²) in [5.74, 6) is -0.962. The molecule has 0 saturated carbocycles. The summed E-state index contributed by atoms with van der Waals surface area (Å²) in [6.07, 6.45) is 0. The standard InChI is InChI=1S/C19H18ClF2N3O/c1-23-16-4-5-17(19(22)18(16)20)25-8-6-24(7-9-25)11-13-2-3-14(12-26)15(21)10-13/h2-5,10,26H,6-9,11-12H2. The first-order valence-electron chi connectivity index (χ1n) is 8.24. The number of hydrogen-bond donors (Lipinski definition) is 1. The molecule has 3 rings (SSSR count). The van der Waals surface area contributed by atoms with Crippen LogP contribution in [0.25, 0.3) is 4.85 Å². The number of hydrogen-bond acceptors (Lipinski definition) is 3. The van der Waals surface area contributed by atoms with Crippen LogP contribution in [0, 0.1) is 18.2 Å². The molecule has 1 N–H and O–H groups in total. The van der Waals surface area contributed by atoms with Gasteiger partial charge in [0.2, 0.25) is 5.69 Å². The molecule has 7 heteroatoms. The second-order valence-electron chi connectivity index (χ2n) is 6.19. The molecule has 1 aliphatic heterocycles. The van der Waals surface area contributed by atoms with Crippen molar-refractivity contribution in [3.8, 4) is 0 Å². The second kappa shape index (κ2) is 8.00. The van der Waals surface area contributed by atoms with Gasteiger partial charge in [-0.05, 0) is 17.7 Å². The molecule has 0 spiro atoms. The van der Waals surface area contributed by atoms with E-state index in [9.17, 15) is 8.78 Å². The lowest BCUT2D eigenvalue weighted by Crippen LogP contribution is -2.46. The van der Waals surface area contributed by atoms with Crippen LogP contribution in [-0.2, 0) is 13.2 Å². The molecule has 1 saturated heterocycles. The number of aliphatic hydroxyl groups excluding tert-OH is 1. The lowest BCUT2D eigenvalue weighted by Gasteiger charge is -2.36. The molecule has 0 radical (unpaired) electrons. The van der Waals surface area contributed by atoms with Crippen molar-refractivity contribution in [3.63, 3.8) is 0 Å². The third-order valence-corrected chi connectivity index (χ3v) is 4.93. The highest BCUT2D eigenvalue weighted by atomic mass is 35.5. The molecule has 1 heterocycles. The highest BCUT2D eigenvalue weighted by molar-refractivity contribution is 6.33. The lowest BCUT2D eigenvalue weighted by molar-refractivity contribution is 0.248. The number of halogens is 3. The van der Waals surface area contributed by atoms with Crippen LogP contribution in [0.15, 0.2) is 30.3 Å².